The Bertz CT molecular complexity index is 932. The quantitative estimate of drug-likeness (QED) is 0.744. The monoisotopic (exact) mass is 444 g/mol. The number of halogens is 2. The molecule has 0 spiro atoms. The molecule has 0 bridgehead atoms. The molecule has 0 aromatic heterocycles. The van der Waals surface area contributed by atoms with E-state index in [0.29, 0.717) is 33.0 Å². The van der Waals surface area contributed by atoms with Crippen molar-refractivity contribution in [2.45, 2.75) is 24.3 Å². The highest BCUT2D eigenvalue weighted by atomic mass is 79.9. The van der Waals surface area contributed by atoms with Gasteiger partial charge in [-0.15, -0.1) is 0 Å². The molecule has 1 aliphatic heterocycles. The molecule has 1 aliphatic rings. The van der Waals surface area contributed by atoms with Crippen molar-refractivity contribution in [1.82, 2.24) is 0 Å². The van der Waals surface area contributed by atoms with Crippen LogP contribution < -0.4 is 14.8 Å². The van der Waals surface area contributed by atoms with Crippen LogP contribution in [0.3, 0.4) is 0 Å². The van der Waals surface area contributed by atoms with Gasteiger partial charge in [0.15, 0.2) is 6.10 Å². The van der Waals surface area contributed by atoms with Crippen LogP contribution in [0.15, 0.2) is 45.8 Å². The lowest BCUT2D eigenvalue weighted by Crippen LogP contribution is -2.36. The Morgan fingerprint density at radius 2 is 1.96 bits per heavy atom. The number of ether oxygens (including phenoxy) is 1. The average Bonchev–Trinajstić information content (AvgIpc) is 2.55. The van der Waals surface area contributed by atoms with Gasteiger partial charge in [-0.2, -0.15) is 0 Å². The summed E-state index contributed by atoms with van der Waals surface area (Å²) < 4.78 is 33.8. The van der Waals surface area contributed by atoms with Crippen LogP contribution in [0, 0.1) is 0 Å². The van der Waals surface area contributed by atoms with Crippen molar-refractivity contribution >= 4 is 54.8 Å². The van der Waals surface area contributed by atoms with Crippen molar-refractivity contribution in [3.8, 4) is 5.75 Å². The molecule has 9 heteroatoms. The predicted octanol–water partition coefficient (Wildman–Crippen LogP) is 4.01. The summed E-state index contributed by atoms with van der Waals surface area (Å²) in [5, 5.41) is 3.22. The van der Waals surface area contributed by atoms with Crippen LogP contribution in [-0.2, 0) is 14.8 Å². The lowest BCUT2D eigenvalue weighted by atomic mass is 10.2. The molecule has 0 radical (unpaired) electrons. The lowest BCUT2D eigenvalue weighted by Gasteiger charge is -2.26. The third-order valence-electron chi connectivity index (χ3n) is 3.61. The van der Waals surface area contributed by atoms with Gasteiger partial charge >= 0.3 is 0 Å². The maximum atomic E-state index is 12.7. The maximum absolute atomic E-state index is 12.7. The Morgan fingerprint density at radius 1 is 1.28 bits per heavy atom. The number of fused-ring (bicyclic) bond motifs is 1. The van der Waals surface area contributed by atoms with E-state index in [1.54, 1.807) is 24.3 Å². The summed E-state index contributed by atoms with van der Waals surface area (Å²) in [4.78, 5) is 11.9. The fourth-order valence-corrected chi connectivity index (χ4v) is 4.60. The minimum Gasteiger partial charge on any atom is -0.478 e. The third kappa shape index (κ3) is 3.75. The van der Waals surface area contributed by atoms with Crippen molar-refractivity contribution in [2.75, 3.05) is 10.0 Å². The molecule has 2 N–H and O–H groups in total. The van der Waals surface area contributed by atoms with Crippen molar-refractivity contribution in [3.63, 3.8) is 0 Å². The molecular formula is C16H14BrClN2O4S. The van der Waals surface area contributed by atoms with Crippen LogP contribution >= 0.6 is 27.5 Å². The first kappa shape index (κ1) is 18.0. The van der Waals surface area contributed by atoms with Crippen molar-refractivity contribution in [3.05, 3.63) is 45.9 Å². The molecule has 3 rings (SSSR count). The van der Waals surface area contributed by atoms with Crippen LogP contribution in [0.25, 0.3) is 0 Å². The highest BCUT2D eigenvalue weighted by molar-refractivity contribution is 9.10. The molecule has 1 unspecified atom stereocenters. The molecule has 0 saturated carbocycles. The van der Waals surface area contributed by atoms with Crippen LogP contribution in [-0.4, -0.2) is 20.4 Å². The second-order valence-electron chi connectivity index (χ2n) is 5.40. The van der Waals surface area contributed by atoms with E-state index >= 15 is 0 Å². The standard InChI is InChI=1S/C16H14BrClN2O4S/c1-2-13-16(21)19-12-7-11(17)15(8-14(12)24-13)25(22,23)20-10-5-3-9(18)4-6-10/h3-8,13,20H,2H2,1H3,(H,19,21). The van der Waals surface area contributed by atoms with E-state index in [9.17, 15) is 13.2 Å². The van der Waals surface area contributed by atoms with Gasteiger partial charge in [-0.3, -0.25) is 9.52 Å². The molecule has 1 heterocycles. The van der Waals surface area contributed by atoms with E-state index in [2.05, 4.69) is 26.0 Å². The van der Waals surface area contributed by atoms with E-state index in [1.807, 2.05) is 6.92 Å². The first-order valence-electron chi connectivity index (χ1n) is 7.39. The summed E-state index contributed by atoms with van der Waals surface area (Å²) in [6.07, 6.45) is -0.166. The summed E-state index contributed by atoms with van der Waals surface area (Å²) in [6.45, 7) is 1.81. The molecule has 0 aliphatic carbocycles. The fourth-order valence-electron chi connectivity index (χ4n) is 2.35. The van der Waals surface area contributed by atoms with Crippen molar-refractivity contribution in [2.24, 2.45) is 0 Å². The van der Waals surface area contributed by atoms with Gasteiger partial charge in [0.25, 0.3) is 15.9 Å². The first-order valence-corrected chi connectivity index (χ1v) is 10.0. The van der Waals surface area contributed by atoms with E-state index < -0.39 is 16.1 Å². The van der Waals surface area contributed by atoms with E-state index in [1.165, 1.54) is 12.1 Å². The lowest BCUT2D eigenvalue weighted by molar-refractivity contribution is -0.123. The van der Waals surface area contributed by atoms with Gasteiger partial charge in [-0.1, -0.05) is 18.5 Å². The number of nitrogens with one attached hydrogen (secondary N) is 2. The molecule has 0 fully saturated rings. The second-order valence-corrected chi connectivity index (χ2v) is 8.34. The van der Waals surface area contributed by atoms with Crippen LogP contribution in [0.2, 0.25) is 5.02 Å². The van der Waals surface area contributed by atoms with Gasteiger partial charge in [-0.05, 0) is 52.7 Å². The molecule has 1 amide bonds. The summed E-state index contributed by atoms with van der Waals surface area (Å²) >= 11 is 9.05. The molecular weight excluding hydrogens is 432 g/mol. The number of rotatable bonds is 4. The Hall–Kier alpha value is -1.77. The highest BCUT2D eigenvalue weighted by Crippen LogP contribution is 2.37. The van der Waals surface area contributed by atoms with Crippen LogP contribution in [0.1, 0.15) is 13.3 Å². The summed E-state index contributed by atoms with van der Waals surface area (Å²) in [7, 11) is -3.86. The number of anilines is 2. The molecule has 6 nitrogen and oxygen atoms in total. The smallest absolute Gasteiger partial charge is 0.265 e. The number of carbonyl (C=O) groups excluding carboxylic acids is 1. The molecule has 132 valence electrons. The Labute approximate surface area is 158 Å². The minimum absolute atomic E-state index is 0.00667. The first-order chi connectivity index (χ1) is 11.8. The van der Waals surface area contributed by atoms with Gasteiger partial charge in [0, 0.05) is 21.2 Å². The number of benzene rings is 2. The van der Waals surface area contributed by atoms with Gasteiger partial charge in [0.2, 0.25) is 0 Å². The Balaban J connectivity index is 1.96. The zero-order valence-electron chi connectivity index (χ0n) is 13.0. The van der Waals surface area contributed by atoms with Crippen molar-refractivity contribution < 1.29 is 17.9 Å². The number of amides is 1. The topological polar surface area (TPSA) is 84.5 Å². The summed E-state index contributed by atoms with van der Waals surface area (Å²) in [6, 6.07) is 9.21. The molecule has 1 atom stereocenters. The van der Waals surface area contributed by atoms with E-state index in [4.69, 9.17) is 16.3 Å². The average molecular weight is 446 g/mol. The zero-order valence-corrected chi connectivity index (χ0v) is 16.2. The van der Waals surface area contributed by atoms with Gasteiger partial charge in [0.05, 0.1) is 5.69 Å². The van der Waals surface area contributed by atoms with Gasteiger partial charge in [-0.25, -0.2) is 8.42 Å². The van der Waals surface area contributed by atoms with Crippen LogP contribution in [0.5, 0.6) is 5.75 Å². The highest BCUT2D eigenvalue weighted by Gasteiger charge is 2.29. The Kier molecular flexibility index (Phi) is 4.95. The number of hydrogen-bond donors (Lipinski definition) is 2. The van der Waals surface area contributed by atoms with Gasteiger partial charge < -0.3 is 10.1 Å². The largest absolute Gasteiger partial charge is 0.478 e. The third-order valence-corrected chi connectivity index (χ3v) is 6.20. The second kappa shape index (κ2) is 6.86. The van der Waals surface area contributed by atoms with E-state index in [0.717, 1.165) is 0 Å². The minimum atomic E-state index is -3.86. The molecule has 0 saturated heterocycles. The maximum Gasteiger partial charge on any atom is 0.265 e. The van der Waals surface area contributed by atoms with Crippen LogP contribution in [0.4, 0.5) is 11.4 Å². The summed E-state index contributed by atoms with van der Waals surface area (Å²) in [5.41, 5.74) is 0.807. The molecule has 25 heavy (non-hydrogen) atoms. The van der Waals surface area contributed by atoms with Gasteiger partial charge in [0.1, 0.15) is 10.6 Å². The predicted molar refractivity (Wildman–Crippen MR) is 99.7 cm³/mol. The van der Waals surface area contributed by atoms with E-state index in [-0.39, 0.29) is 10.8 Å². The normalized spacial score (nSPS) is 16.6. The number of sulfonamides is 1. The fraction of sp³-hybridized carbons (Fsp3) is 0.188. The Morgan fingerprint density at radius 3 is 2.60 bits per heavy atom. The van der Waals surface area contributed by atoms with Crippen molar-refractivity contribution in [1.29, 1.82) is 0 Å². The number of hydrogen-bond acceptors (Lipinski definition) is 4. The SMILES string of the molecule is CCC1Oc2cc(S(=O)(=O)Nc3ccc(Cl)cc3)c(Br)cc2NC1=O. The molecule has 2 aromatic carbocycles. The summed E-state index contributed by atoms with van der Waals surface area (Å²) in [5.74, 6) is 0.0583. The number of carbonyl (C=O) groups is 1. The zero-order chi connectivity index (χ0) is 18.2. The molecule has 2 aromatic rings.